The molecule has 2 aliphatic rings. The van der Waals surface area contributed by atoms with Crippen molar-refractivity contribution >= 4 is 35.3 Å². The largest absolute Gasteiger partial charge is 0.479 e. The van der Waals surface area contributed by atoms with Gasteiger partial charge in [-0.15, -0.1) is 0 Å². The van der Waals surface area contributed by atoms with Crippen LogP contribution in [0.15, 0.2) is 66.7 Å². The van der Waals surface area contributed by atoms with Crippen LogP contribution in [0.5, 0.6) is 0 Å². The number of carbonyl (C=O) groups excluding carboxylic acids is 1. The number of carboxylic acids is 1. The lowest BCUT2D eigenvalue weighted by Gasteiger charge is -2.29. The van der Waals surface area contributed by atoms with Crippen molar-refractivity contribution in [1.29, 1.82) is 0 Å². The Labute approximate surface area is 207 Å². The monoisotopic (exact) mass is 495 g/mol. The number of aliphatic carboxylic acids is 1. The van der Waals surface area contributed by atoms with Crippen LogP contribution in [0, 0.1) is 5.92 Å². The standard InChI is InChI=1S/C27H23Cl2NO4/c28-18-11-17(12-19(29)13-18)25(26(31)32)30(14-16-9-10-16)27(33)34-15-24-22-7-3-1-5-20(22)21-6-2-4-8-23(21)24/h1-8,11-13,16,24-25H,9-10,14-15H2,(H,31,32). The second-order valence-corrected chi connectivity index (χ2v) is 9.72. The second-order valence-electron chi connectivity index (χ2n) is 8.84. The summed E-state index contributed by atoms with van der Waals surface area (Å²) in [7, 11) is 0. The van der Waals surface area contributed by atoms with Gasteiger partial charge < -0.3 is 9.84 Å². The van der Waals surface area contributed by atoms with Crippen LogP contribution < -0.4 is 0 Å². The molecule has 7 heteroatoms. The number of halogens is 2. The third kappa shape index (κ3) is 4.50. The minimum atomic E-state index is -1.24. The van der Waals surface area contributed by atoms with Gasteiger partial charge in [0, 0.05) is 22.5 Å². The van der Waals surface area contributed by atoms with E-state index < -0.39 is 18.1 Å². The highest BCUT2D eigenvalue weighted by Gasteiger charge is 2.38. The number of benzene rings is 3. The molecular formula is C27H23Cl2NO4. The molecule has 1 amide bonds. The molecule has 0 saturated heterocycles. The van der Waals surface area contributed by atoms with Gasteiger partial charge in [-0.25, -0.2) is 9.59 Å². The zero-order chi connectivity index (χ0) is 23.8. The molecule has 2 aliphatic carbocycles. The minimum Gasteiger partial charge on any atom is -0.479 e. The molecule has 5 rings (SSSR count). The van der Waals surface area contributed by atoms with Crippen LogP contribution in [0.1, 0.15) is 41.5 Å². The number of fused-ring (bicyclic) bond motifs is 3. The van der Waals surface area contributed by atoms with Crippen LogP contribution in [0.3, 0.4) is 0 Å². The van der Waals surface area contributed by atoms with E-state index in [-0.39, 0.29) is 18.4 Å². The zero-order valence-corrected chi connectivity index (χ0v) is 19.8. The number of hydrogen-bond acceptors (Lipinski definition) is 3. The zero-order valence-electron chi connectivity index (χ0n) is 18.3. The van der Waals surface area contributed by atoms with Crippen LogP contribution in [-0.4, -0.2) is 35.2 Å². The number of amides is 1. The van der Waals surface area contributed by atoms with Gasteiger partial charge in [-0.2, -0.15) is 0 Å². The van der Waals surface area contributed by atoms with Crippen LogP contribution in [0.4, 0.5) is 4.79 Å². The molecule has 0 aromatic heterocycles. The van der Waals surface area contributed by atoms with E-state index in [0.29, 0.717) is 22.2 Å². The number of hydrogen-bond donors (Lipinski definition) is 1. The third-order valence-corrected chi connectivity index (χ3v) is 6.91. The van der Waals surface area contributed by atoms with E-state index >= 15 is 0 Å². The van der Waals surface area contributed by atoms with E-state index in [1.807, 2.05) is 36.4 Å². The maximum atomic E-state index is 13.4. The summed E-state index contributed by atoms with van der Waals surface area (Å²) in [6.45, 7) is 0.425. The van der Waals surface area contributed by atoms with Crippen LogP contribution in [-0.2, 0) is 9.53 Å². The Morgan fingerprint density at radius 2 is 1.50 bits per heavy atom. The maximum Gasteiger partial charge on any atom is 0.410 e. The van der Waals surface area contributed by atoms with Crippen molar-refractivity contribution in [1.82, 2.24) is 4.90 Å². The summed E-state index contributed by atoms with van der Waals surface area (Å²) in [4.78, 5) is 27.0. The van der Waals surface area contributed by atoms with E-state index in [0.717, 1.165) is 35.1 Å². The predicted octanol–water partition coefficient (Wildman–Crippen LogP) is 6.78. The Kier molecular flexibility index (Phi) is 6.24. The van der Waals surface area contributed by atoms with E-state index in [9.17, 15) is 14.7 Å². The van der Waals surface area contributed by atoms with Gasteiger partial charge in [0.05, 0.1) is 0 Å². The van der Waals surface area contributed by atoms with Crippen LogP contribution in [0.25, 0.3) is 11.1 Å². The quantitative estimate of drug-likeness (QED) is 0.392. The average molecular weight is 496 g/mol. The summed E-state index contributed by atoms with van der Waals surface area (Å²) in [6.07, 6.45) is 1.25. The molecule has 3 aromatic rings. The summed E-state index contributed by atoms with van der Waals surface area (Å²) in [5, 5.41) is 10.7. The van der Waals surface area contributed by atoms with E-state index in [4.69, 9.17) is 27.9 Å². The van der Waals surface area contributed by atoms with Crippen molar-refractivity contribution < 1.29 is 19.4 Å². The van der Waals surface area contributed by atoms with E-state index in [1.54, 1.807) is 0 Å². The molecular weight excluding hydrogens is 473 g/mol. The summed E-state index contributed by atoms with van der Waals surface area (Å²) in [6, 6.07) is 19.5. The maximum absolute atomic E-state index is 13.4. The summed E-state index contributed by atoms with van der Waals surface area (Å²) >= 11 is 12.3. The van der Waals surface area contributed by atoms with Crippen molar-refractivity contribution in [2.24, 2.45) is 5.92 Å². The highest BCUT2D eigenvalue weighted by atomic mass is 35.5. The van der Waals surface area contributed by atoms with Crippen molar-refractivity contribution in [2.45, 2.75) is 24.8 Å². The fourth-order valence-corrected chi connectivity index (χ4v) is 5.27. The number of carbonyl (C=O) groups is 2. The van der Waals surface area contributed by atoms with Crippen molar-refractivity contribution in [3.05, 3.63) is 93.5 Å². The molecule has 1 fully saturated rings. The fraction of sp³-hybridized carbons (Fsp3) is 0.259. The van der Waals surface area contributed by atoms with Gasteiger partial charge >= 0.3 is 12.1 Å². The van der Waals surface area contributed by atoms with Crippen LogP contribution in [0.2, 0.25) is 10.0 Å². The lowest BCUT2D eigenvalue weighted by Crippen LogP contribution is -2.41. The van der Waals surface area contributed by atoms with Crippen molar-refractivity contribution in [3.8, 4) is 11.1 Å². The molecule has 1 N–H and O–H groups in total. The molecule has 1 atom stereocenters. The predicted molar refractivity (Wildman–Crippen MR) is 131 cm³/mol. The first kappa shape index (κ1) is 22.8. The topological polar surface area (TPSA) is 66.8 Å². The minimum absolute atomic E-state index is 0.108. The molecule has 1 saturated carbocycles. The summed E-state index contributed by atoms with van der Waals surface area (Å²) < 4.78 is 5.80. The van der Waals surface area contributed by atoms with Crippen molar-refractivity contribution in [3.63, 3.8) is 0 Å². The molecule has 5 nitrogen and oxygen atoms in total. The Morgan fingerprint density at radius 1 is 0.941 bits per heavy atom. The van der Waals surface area contributed by atoms with Gasteiger partial charge in [0.2, 0.25) is 0 Å². The SMILES string of the molecule is O=C(O)C(c1cc(Cl)cc(Cl)c1)N(CC1CC1)C(=O)OCC1c2ccccc2-c2ccccc21. The molecule has 0 bridgehead atoms. The average Bonchev–Trinajstić information content (AvgIpc) is 3.57. The van der Waals surface area contributed by atoms with Gasteiger partial charge in [-0.1, -0.05) is 71.7 Å². The molecule has 0 radical (unpaired) electrons. The molecule has 0 aliphatic heterocycles. The molecule has 3 aromatic carbocycles. The van der Waals surface area contributed by atoms with Crippen LogP contribution >= 0.6 is 23.2 Å². The van der Waals surface area contributed by atoms with Gasteiger partial charge in [0.1, 0.15) is 6.61 Å². The smallest absolute Gasteiger partial charge is 0.410 e. The van der Waals surface area contributed by atoms with E-state index in [2.05, 4.69) is 12.1 Å². The van der Waals surface area contributed by atoms with Gasteiger partial charge in [0.15, 0.2) is 6.04 Å². The number of nitrogens with zero attached hydrogens (tertiary/aromatic N) is 1. The first-order valence-corrected chi connectivity index (χ1v) is 12.0. The lowest BCUT2D eigenvalue weighted by molar-refractivity contribution is -0.143. The van der Waals surface area contributed by atoms with Crippen molar-refractivity contribution in [2.75, 3.05) is 13.2 Å². The first-order valence-electron chi connectivity index (χ1n) is 11.2. The third-order valence-electron chi connectivity index (χ3n) is 6.47. The highest BCUT2D eigenvalue weighted by Crippen LogP contribution is 2.44. The summed E-state index contributed by atoms with van der Waals surface area (Å²) in [5.74, 6) is -1.01. The lowest BCUT2D eigenvalue weighted by atomic mass is 9.98. The van der Waals surface area contributed by atoms with E-state index in [1.165, 1.54) is 23.1 Å². The van der Waals surface area contributed by atoms with Gasteiger partial charge in [-0.3, -0.25) is 4.90 Å². The molecule has 0 heterocycles. The highest BCUT2D eigenvalue weighted by molar-refractivity contribution is 6.34. The normalized spacial score (nSPS) is 15.4. The molecule has 34 heavy (non-hydrogen) atoms. The van der Waals surface area contributed by atoms with Gasteiger partial charge in [-0.05, 0) is 64.8 Å². The second kappa shape index (κ2) is 9.32. The first-order chi connectivity index (χ1) is 16.4. The Hall–Kier alpha value is -3.02. The number of carboxylic acid groups (broad SMARTS) is 1. The number of rotatable bonds is 7. The molecule has 1 unspecified atom stereocenters. The Balaban J connectivity index is 1.41. The molecule has 174 valence electrons. The Bertz CT molecular complexity index is 1190. The molecule has 0 spiro atoms. The number of ether oxygens (including phenoxy) is 1. The Morgan fingerprint density at radius 3 is 2.03 bits per heavy atom. The fourth-order valence-electron chi connectivity index (χ4n) is 4.73. The summed E-state index contributed by atoms with van der Waals surface area (Å²) in [5.41, 5.74) is 4.80. The van der Waals surface area contributed by atoms with Gasteiger partial charge in [0.25, 0.3) is 0 Å².